The van der Waals surface area contributed by atoms with E-state index in [1.165, 1.54) is 12.7 Å². The predicted octanol–water partition coefficient (Wildman–Crippen LogP) is 3.61. The highest BCUT2D eigenvalue weighted by atomic mass is 16.7. The molecule has 1 fully saturated rings. The molecule has 1 unspecified atom stereocenters. The number of hydrogen-bond acceptors (Lipinski definition) is 4. The van der Waals surface area contributed by atoms with Gasteiger partial charge in [-0.3, -0.25) is 4.79 Å². The summed E-state index contributed by atoms with van der Waals surface area (Å²) in [6, 6.07) is 8.39. The van der Waals surface area contributed by atoms with E-state index < -0.39 is 5.41 Å². The van der Waals surface area contributed by atoms with Crippen LogP contribution in [0.2, 0.25) is 0 Å². The van der Waals surface area contributed by atoms with Crippen LogP contribution in [0.5, 0.6) is 0 Å². The molecule has 1 saturated heterocycles. The topological polar surface area (TPSA) is 44.8 Å². The van der Waals surface area contributed by atoms with Crippen molar-refractivity contribution >= 4 is 5.97 Å². The average Bonchev–Trinajstić information content (AvgIpc) is 3.05. The maximum Gasteiger partial charge on any atom is 0.312 e. The predicted molar refractivity (Wildman–Crippen MR) is 89.3 cm³/mol. The molecule has 4 nitrogen and oxygen atoms in total. The number of esters is 1. The van der Waals surface area contributed by atoms with Gasteiger partial charge in [-0.15, -0.1) is 0 Å². The van der Waals surface area contributed by atoms with Crippen molar-refractivity contribution in [3.63, 3.8) is 0 Å². The molecule has 1 aliphatic rings. The van der Waals surface area contributed by atoms with Gasteiger partial charge in [0.05, 0.1) is 25.7 Å². The van der Waals surface area contributed by atoms with E-state index in [0.717, 1.165) is 18.4 Å². The Hall–Kier alpha value is -1.39. The van der Waals surface area contributed by atoms with Crippen molar-refractivity contribution in [2.24, 2.45) is 5.41 Å². The summed E-state index contributed by atoms with van der Waals surface area (Å²) in [5.74, 6) is -0.200. The van der Waals surface area contributed by atoms with Crippen molar-refractivity contribution < 1.29 is 19.0 Å². The molecule has 0 aliphatic carbocycles. The van der Waals surface area contributed by atoms with Gasteiger partial charge in [0, 0.05) is 5.41 Å². The normalized spacial score (nSPS) is 18.7. The fraction of sp³-hybridized carbons (Fsp3) is 0.632. The third-order valence-electron chi connectivity index (χ3n) is 5.33. The minimum Gasteiger partial charge on any atom is -0.469 e. The molecule has 1 atom stereocenters. The monoisotopic (exact) mass is 320 g/mol. The van der Waals surface area contributed by atoms with Crippen LogP contribution in [0.4, 0.5) is 0 Å². The Kier molecular flexibility index (Phi) is 5.48. The van der Waals surface area contributed by atoms with Gasteiger partial charge in [-0.1, -0.05) is 36.8 Å². The Bertz CT molecular complexity index is 529. The molecule has 0 amide bonds. The molecule has 0 bridgehead atoms. The van der Waals surface area contributed by atoms with Gasteiger partial charge >= 0.3 is 5.97 Å². The van der Waals surface area contributed by atoms with Crippen molar-refractivity contribution in [1.82, 2.24) is 0 Å². The maximum absolute atomic E-state index is 12.4. The molecule has 1 aliphatic heterocycles. The summed E-state index contributed by atoms with van der Waals surface area (Å²) in [5, 5.41) is 0. The minimum atomic E-state index is -0.657. The zero-order chi connectivity index (χ0) is 17.1. The number of aryl methyl sites for hydroxylation is 1. The highest BCUT2D eigenvalue weighted by Crippen LogP contribution is 2.46. The Morgan fingerprint density at radius 1 is 1.17 bits per heavy atom. The lowest BCUT2D eigenvalue weighted by Crippen LogP contribution is -2.46. The third kappa shape index (κ3) is 3.59. The van der Waals surface area contributed by atoms with E-state index in [-0.39, 0.29) is 17.7 Å². The smallest absolute Gasteiger partial charge is 0.312 e. The van der Waals surface area contributed by atoms with Crippen molar-refractivity contribution in [2.45, 2.75) is 52.2 Å². The highest BCUT2D eigenvalue weighted by molar-refractivity contribution is 5.78. The van der Waals surface area contributed by atoms with E-state index in [2.05, 4.69) is 38.1 Å². The number of rotatable bonds is 6. The van der Waals surface area contributed by atoms with Gasteiger partial charge in [0.15, 0.2) is 6.29 Å². The van der Waals surface area contributed by atoms with Crippen molar-refractivity contribution in [3.8, 4) is 0 Å². The lowest BCUT2D eigenvalue weighted by molar-refractivity contribution is -0.155. The molecule has 128 valence electrons. The summed E-state index contributed by atoms with van der Waals surface area (Å²) in [6.07, 6.45) is 1.36. The van der Waals surface area contributed by atoms with Crippen LogP contribution in [0.25, 0.3) is 0 Å². The van der Waals surface area contributed by atoms with Gasteiger partial charge in [-0.05, 0) is 39.2 Å². The van der Waals surface area contributed by atoms with Crippen LogP contribution < -0.4 is 0 Å². The summed E-state index contributed by atoms with van der Waals surface area (Å²) in [5.41, 5.74) is 1.31. The average molecular weight is 320 g/mol. The van der Waals surface area contributed by atoms with Gasteiger partial charge in [0.25, 0.3) is 0 Å². The molecule has 0 saturated carbocycles. The summed E-state index contributed by atoms with van der Waals surface area (Å²) in [4.78, 5) is 12.4. The summed E-state index contributed by atoms with van der Waals surface area (Å²) in [6.45, 7) is 9.39. The first-order valence-corrected chi connectivity index (χ1v) is 8.20. The van der Waals surface area contributed by atoms with E-state index in [0.29, 0.717) is 13.2 Å². The van der Waals surface area contributed by atoms with E-state index in [9.17, 15) is 4.79 Å². The van der Waals surface area contributed by atoms with E-state index in [1.807, 2.05) is 13.8 Å². The van der Waals surface area contributed by atoms with Crippen LogP contribution in [0.1, 0.15) is 44.7 Å². The molecule has 4 heteroatoms. The summed E-state index contributed by atoms with van der Waals surface area (Å²) in [7, 11) is 1.45. The molecule has 0 aromatic heterocycles. The molecule has 0 N–H and O–H groups in total. The minimum absolute atomic E-state index is 0.173. The lowest BCUT2D eigenvalue weighted by atomic mass is 9.60. The SMILES string of the molecule is COC(=O)C(C)(C)C(C)(CCC1OCCO1)c1ccc(C)cc1. The third-order valence-corrected chi connectivity index (χ3v) is 5.33. The van der Waals surface area contributed by atoms with Crippen molar-refractivity contribution in [2.75, 3.05) is 20.3 Å². The maximum atomic E-state index is 12.4. The molecule has 2 rings (SSSR count). The zero-order valence-electron chi connectivity index (χ0n) is 14.8. The second-order valence-corrected chi connectivity index (χ2v) is 7.02. The first kappa shape index (κ1) is 18.0. The first-order chi connectivity index (χ1) is 10.8. The number of methoxy groups -OCH3 is 1. The molecule has 0 spiro atoms. The Morgan fingerprint density at radius 3 is 2.26 bits per heavy atom. The van der Waals surface area contributed by atoms with Crippen molar-refractivity contribution in [3.05, 3.63) is 35.4 Å². The van der Waals surface area contributed by atoms with Gasteiger partial charge in [-0.25, -0.2) is 0 Å². The fourth-order valence-corrected chi connectivity index (χ4v) is 3.20. The summed E-state index contributed by atoms with van der Waals surface area (Å²) < 4.78 is 16.2. The van der Waals surface area contributed by atoms with E-state index >= 15 is 0 Å². The molecule has 1 aromatic rings. The van der Waals surface area contributed by atoms with Crippen LogP contribution in [0.15, 0.2) is 24.3 Å². The Labute approximate surface area is 139 Å². The quantitative estimate of drug-likeness (QED) is 0.751. The van der Waals surface area contributed by atoms with Crippen LogP contribution in [0.3, 0.4) is 0 Å². The first-order valence-electron chi connectivity index (χ1n) is 8.20. The van der Waals surface area contributed by atoms with E-state index in [4.69, 9.17) is 14.2 Å². The highest BCUT2D eigenvalue weighted by Gasteiger charge is 2.48. The standard InChI is InChI=1S/C19H28O4/c1-14-6-8-15(9-7-14)19(4,18(2,3)17(20)21-5)11-10-16-22-12-13-23-16/h6-9,16H,10-13H2,1-5H3. The van der Waals surface area contributed by atoms with Crippen LogP contribution in [-0.4, -0.2) is 32.6 Å². The van der Waals surface area contributed by atoms with Crippen LogP contribution in [-0.2, 0) is 24.4 Å². The number of carbonyl (C=O) groups excluding carboxylic acids is 1. The summed E-state index contributed by atoms with van der Waals surface area (Å²) >= 11 is 0. The van der Waals surface area contributed by atoms with Crippen LogP contribution in [0, 0.1) is 12.3 Å². The number of hydrogen-bond donors (Lipinski definition) is 0. The largest absolute Gasteiger partial charge is 0.469 e. The van der Waals surface area contributed by atoms with Crippen molar-refractivity contribution in [1.29, 1.82) is 0 Å². The van der Waals surface area contributed by atoms with Crippen LogP contribution >= 0.6 is 0 Å². The number of ether oxygens (including phenoxy) is 3. The molecule has 1 aromatic carbocycles. The molecule has 0 radical (unpaired) electrons. The second kappa shape index (κ2) is 7.02. The molecule has 1 heterocycles. The second-order valence-electron chi connectivity index (χ2n) is 7.02. The van der Waals surface area contributed by atoms with Gasteiger partial charge in [-0.2, -0.15) is 0 Å². The van der Waals surface area contributed by atoms with E-state index in [1.54, 1.807) is 0 Å². The Balaban J connectivity index is 2.32. The number of benzene rings is 1. The lowest BCUT2D eigenvalue weighted by Gasteiger charge is -2.43. The van der Waals surface area contributed by atoms with Gasteiger partial charge < -0.3 is 14.2 Å². The fourth-order valence-electron chi connectivity index (χ4n) is 3.20. The molecular weight excluding hydrogens is 292 g/mol. The van der Waals surface area contributed by atoms with Gasteiger partial charge in [0.2, 0.25) is 0 Å². The molecular formula is C19H28O4. The molecule has 23 heavy (non-hydrogen) atoms. The van der Waals surface area contributed by atoms with Gasteiger partial charge in [0.1, 0.15) is 0 Å². The number of carbonyl (C=O) groups is 1. The Morgan fingerprint density at radius 2 is 1.74 bits per heavy atom. The zero-order valence-corrected chi connectivity index (χ0v) is 14.8.